The molecule has 3 aromatic rings. The fourth-order valence-electron chi connectivity index (χ4n) is 2.85. The van der Waals surface area contributed by atoms with Crippen molar-refractivity contribution in [2.45, 2.75) is 26.8 Å². The Morgan fingerprint density at radius 1 is 1.27 bits per heavy atom. The Morgan fingerprint density at radius 3 is 2.77 bits per heavy atom. The van der Waals surface area contributed by atoms with Gasteiger partial charge in [-0.15, -0.1) is 11.3 Å². The van der Waals surface area contributed by atoms with E-state index in [9.17, 15) is 14.4 Å². The summed E-state index contributed by atoms with van der Waals surface area (Å²) < 4.78 is 16.8. The molecule has 0 saturated heterocycles. The Labute approximate surface area is 176 Å². The number of fused-ring (bicyclic) bond motifs is 1. The number of hydrogen-bond acceptors (Lipinski definition) is 8. The second kappa shape index (κ2) is 9.68. The third-order valence-corrected chi connectivity index (χ3v) is 5.54. The van der Waals surface area contributed by atoms with E-state index in [2.05, 4.69) is 9.97 Å². The highest BCUT2D eigenvalue weighted by molar-refractivity contribution is 7.20. The molecule has 3 rings (SSSR count). The maximum atomic E-state index is 13.0. The molecule has 0 atom stereocenters. The van der Waals surface area contributed by atoms with Crippen molar-refractivity contribution >= 4 is 27.5 Å². The van der Waals surface area contributed by atoms with Crippen LogP contribution in [0.5, 0.6) is 5.75 Å². The number of H-pyrrole nitrogens is 1. The molecular formula is C20H23N3O6S. The largest absolute Gasteiger partial charge is 0.488 e. The van der Waals surface area contributed by atoms with Crippen molar-refractivity contribution < 1.29 is 19.0 Å². The molecule has 30 heavy (non-hydrogen) atoms. The maximum absolute atomic E-state index is 13.0. The fourth-order valence-corrected chi connectivity index (χ4v) is 3.88. The number of methoxy groups -OCH3 is 1. The number of esters is 1. The number of rotatable bonds is 9. The predicted molar refractivity (Wildman–Crippen MR) is 113 cm³/mol. The van der Waals surface area contributed by atoms with Gasteiger partial charge in [0.25, 0.3) is 5.56 Å². The molecule has 1 N–H and O–H groups in total. The average Bonchev–Trinajstić information content (AvgIpc) is 3.07. The lowest BCUT2D eigenvalue weighted by molar-refractivity contribution is 0.0393. The molecule has 0 saturated carbocycles. The van der Waals surface area contributed by atoms with Crippen LogP contribution in [0.15, 0.2) is 28.2 Å². The van der Waals surface area contributed by atoms with Gasteiger partial charge in [0.15, 0.2) is 5.75 Å². The SMILES string of the molecule is CCCOc1c[nH]c(Cn2cnc3sc(C(=O)OCCOC)c(C)c3c2=O)cc1=O. The van der Waals surface area contributed by atoms with E-state index < -0.39 is 5.97 Å². The molecule has 0 bridgehead atoms. The molecule has 160 valence electrons. The Balaban J connectivity index is 1.88. The van der Waals surface area contributed by atoms with Gasteiger partial charge in [0.2, 0.25) is 5.43 Å². The van der Waals surface area contributed by atoms with E-state index in [1.54, 1.807) is 6.92 Å². The minimum atomic E-state index is -0.509. The minimum Gasteiger partial charge on any atom is -0.488 e. The molecule has 0 spiro atoms. The highest BCUT2D eigenvalue weighted by atomic mass is 32.1. The standard InChI is InChI=1S/C20H23N3O6S/c1-4-5-28-15-9-21-13(8-14(15)24)10-23-11-22-18-16(19(23)25)12(2)17(30-18)20(26)29-7-6-27-3/h8-9,11H,4-7,10H2,1-3H3,(H,21,24). The molecule has 9 nitrogen and oxygen atoms in total. The summed E-state index contributed by atoms with van der Waals surface area (Å²) in [4.78, 5) is 45.5. The average molecular weight is 433 g/mol. The second-order valence-corrected chi connectivity index (χ2v) is 7.58. The van der Waals surface area contributed by atoms with Gasteiger partial charge in [0.05, 0.1) is 31.5 Å². The number of thiophene rings is 1. The van der Waals surface area contributed by atoms with E-state index in [0.717, 1.165) is 17.8 Å². The number of hydrogen-bond donors (Lipinski definition) is 1. The Morgan fingerprint density at radius 2 is 2.07 bits per heavy atom. The van der Waals surface area contributed by atoms with Crippen LogP contribution in [0, 0.1) is 6.92 Å². The van der Waals surface area contributed by atoms with E-state index in [1.165, 1.54) is 30.3 Å². The van der Waals surface area contributed by atoms with E-state index in [-0.39, 0.29) is 29.9 Å². The van der Waals surface area contributed by atoms with Crippen LogP contribution in [0.2, 0.25) is 0 Å². The summed E-state index contributed by atoms with van der Waals surface area (Å²) in [6, 6.07) is 1.40. The first-order chi connectivity index (χ1) is 14.5. The van der Waals surface area contributed by atoms with Crippen molar-refractivity contribution in [3.05, 3.63) is 55.3 Å². The van der Waals surface area contributed by atoms with Crippen LogP contribution >= 0.6 is 11.3 Å². The third kappa shape index (κ3) is 4.60. The summed E-state index contributed by atoms with van der Waals surface area (Å²) in [6.45, 7) is 4.66. The number of aryl methyl sites for hydroxylation is 1. The lowest BCUT2D eigenvalue weighted by Gasteiger charge is -2.08. The van der Waals surface area contributed by atoms with Crippen molar-refractivity contribution in [2.75, 3.05) is 26.9 Å². The number of nitrogens with zero attached hydrogens (tertiary/aromatic N) is 2. The first-order valence-electron chi connectivity index (χ1n) is 9.45. The number of carbonyl (C=O) groups excluding carboxylic acids is 1. The first kappa shape index (κ1) is 21.7. The van der Waals surface area contributed by atoms with Crippen LogP contribution in [0.1, 0.15) is 34.3 Å². The van der Waals surface area contributed by atoms with Gasteiger partial charge in [-0.1, -0.05) is 6.92 Å². The second-order valence-electron chi connectivity index (χ2n) is 6.58. The van der Waals surface area contributed by atoms with Crippen LogP contribution in [-0.2, 0) is 16.0 Å². The molecule has 3 heterocycles. The van der Waals surface area contributed by atoms with Gasteiger partial charge in [-0.05, 0) is 18.9 Å². The number of aromatic amines is 1. The lowest BCUT2D eigenvalue weighted by Crippen LogP contribution is -2.22. The molecule has 10 heteroatoms. The van der Waals surface area contributed by atoms with E-state index in [0.29, 0.717) is 39.6 Å². The Hall–Kier alpha value is -2.98. The van der Waals surface area contributed by atoms with Crippen molar-refractivity contribution in [3.8, 4) is 5.75 Å². The van der Waals surface area contributed by atoms with Crippen molar-refractivity contribution in [1.82, 2.24) is 14.5 Å². The molecule has 0 aliphatic heterocycles. The van der Waals surface area contributed by atoms with E-state index in [1.807, 2.05) is 6.92 Å². The topological polar surface area (TPSA) is 113 Å². The lowest BCUT2D eigenvalue weighted by atomic mass is 10.2. The summed E-state index contributed by atoms with van der Waals surface area (Å²) in [7, 11) is 1.52. The van der Waals surface area contributed by atoms with Crippen molar-refractivity contribution in [2.24, 2.45) is 0 Å². The number of carbonyl (C=O) groups is 1. The predicted octanol–water partition coefficient (Wildman–Crippen LogP) is 2.10. The zero-order valence-electron chi connectivity index (χ0n) is 17.0. The summed E-state index contributed by atoms with van der Waals surface area (Å²) in [5.74, 6) is -0.266. The van der Waals surface area contributed by atoms with Gasteiger partial charge in [-0.25, -0.2) is 9.78 Å². The van der Waals surface area contributed by atoms with Crippen molar-refractivity contribution in [1.29, 1.82) is 0 Å². The monoisotopic (exact) mass is 433 g/mol. The molecular weight excluding hydrogens is 410 g/mol. The third-order valence-electron chi connectivity index (χ3n) is 4.36. The molecule has 0 unspecified atom stereocenters. The summed E-state index contributed by atoms with van der Waals surface area (Å²) in [5.41, 5.74) is 0.518. The highest BCUT2D eigenvalue weighted by Gasteiger charge is 2.20. The summed E-state index contributed by atoms with van der Waals surface area (Å²) in [6.07, 6.45) is 3.69. The van der Waals surface area contributed by atoms with Crippen LogP contribution in [0.4, 0.5) is 0 Å². The van der Waals surface area contributed by atoms with Gasteiger partial charge in [-0.3, -0.25) is 14.2 Å². The molecule has 0 amide bonds. The fraction of sp³-hybridized carbons (Fsp3) is 0.400. The van der Waals surface area contributed by atoms with E-state index >= 15 is 0 Å². The van der Waals surface area contributed by atoms with Gasteiger partial charge < -0.3 is 19.2 Å². The molecule has 0 aromatic carbocycles. The smallest absolute Gasteiger partial charge is 0.348 e. The Kier molecular flexibility index (Phi) is 7.01. The normalized spacial score (nSPS) is 11.0. The minimum absolute atomic E-state index is 0.131. The van der Waals surface area contributed by atoms with Crippen LogP contribution in [-0.4, -0.2) is 47.4 Å². The number of ether oxygens (including phenoxy) is 3. The summed E-state index contributed by atoms with van der Waals surface area (Å²) >= 11 is 1.12. The quantitative estimate of drug-likeness (QED) is 0.406. The summed E-state index contributed by atoms with van der Waals surface area (Å²) in [5, 5.41) is 0.367. The molecule has 0 aliphatic carbocycles. The number of nitrogens with one attached hydrogen (secondary N) is 1. The van der Waals surface area contributed by atoms with Gasteiger partial charge >= 0.3 is 5.97 Å². The molecule has 3 aromatic heterocycles. The zero-order valence-corrected chi connectivity index (χ0v) is 17.8. The molecule has 0 aliphatic rings. The highest BCUT2D eigenvalue weighted by Crippen LogP contribution is 2.27. The number of pyridine rings is 1. The van der Waals surface area contributed by atoms with Crippen molar-refractivity contribution in [3.63, 3.8) is 0 Å². The van der Waals surface area contributed by atoms with Crippen LogP contribution < -0.4 is 15.7 Å². The van der Waals surface area contributed by atoms with Crippen LogP contribution in [0.25, 0.3) is 10.2 Å². The van der Waals surface area contributed by atoms with Crippen LogP contribution in [0.3, 0.4) is 0 Å². The Bertz CT molecular complexity index is 1160. The van der Waals surface area contributed by atoms with Gasteiger partial charge in [0, 0.05) is 25.1 Å². The number of aromatic nitrogens is 3. The van der Waals surface area contributed by atoms with E-state index in [4.69, 9.17) is 14.2 Å². The van der Waals surface area contributed by atoms with Gasteiger partial charge in [0.1, 0.15) is 16.3 Å². The maximum Gasteiger partial charge on any atom is 0.348 e. The zero-order chi connectivity index (χ0) is 21.7. The first-order valence-corrected chi connectivity index (χ1v) is 10.3. The molecule has 0 fully saturated rings. The molecule has 0 radical (unpaired) electrons. The van der Waals surface area contributed by atoms with Gasteiger partial charge in [-0.2, -0.15) is 0 Å².